The molecule has 2 aliphatic rings. The average Bonchev–Trinajstić information content (AvgIpc) is 3.22. The predicted molar refractivity (Wildman–Crippen MR) is 132 cm³/mol. The Hall–Kier alpha value is -3.03. The van der Waals surface area contributed by atoms with E-state index in [-0.39, 0.29) is 18.4 Å². The molecular weight excluding hydrogens is 452 g/mol. The van der Waals surface area contributed by atoms with Gasteiger partial charge in [-0.1, -0.05) is 41.9 Å². The molecule has 2 aromatic carbocycles. The number of nitrogens with one attached hydrogen (secondary N) is 2. The Bertz CT molecular complexity index is 1200. The number of piperidine rings is 1. The first-order valence-corrected chi connectivity index (χ1v) is 12.2. The molecule has 0 radical (unpaired) electrons. The quantitative estimate of drug-likeness (QED) is 0.530. The van der Waals surface area contributed by atoms with Crippen LogP contribution in [0.5, 0.6) is 0 Å². The summed E-state index contributed by atoms with van der Waals surface area (Å²) < 4.78 is 0. The molecule has 8 heteroatoms. The molecule has 0 saturated carbocycles. The molecule has 3 aromatic rings. The number of carbonyl (C=O) groups excluding carboxylic acids is 2. The van der Waals surface area contributed by atoms with Crippen molar-refractivity contribution in [3.63, 3.8) is 0 Å². The van der Waals surface area contributed by atoms with Crippen molar-refractivity contribution in [1.82, 2.24) is 20.1 Å². The molecule has 1 saturated heterocycles. The molecule has 1 aromatic heterocycles. The number of nitrogens with zero attached hydrogens (tertiary/aromatic N) is 2. The molecule has 0 atom stereocenters. The molecule has 34 heavy (non-hydrogen) atoms. The fourth-order valence-electron chi connectivity index (χ4n) is 5.09. The molecule has 0 aliphatic carbocycles. The number of aromatic nitrogens is 1. The Labute approximate surface area is 203 Å². The van der Waals surface area contributed by atoms with Crippen molar-refractivity contribution >= 4 is 34.4 Å². The van der Waals surface area contributed by atoms with E-state index in [2.05, 4.69) is 22.4 Å². The molecule has 3 N–H and O–H groups in total. The largest absolute Gasteiger partial charge is 0.385 e. The number of carbonyl (C=O) groups is 2. The number of urea groups is 1. The fraction of sp³-hybridized carbons (Fsp3) is 0.385. The van der Waals surface area contributed by atoms with E-state index >= 15 is 0 Å². The number of rotatable bonds is 4. The van der Waals surface area contributed by atoms with Gasteiger partial charge in [-0.05, 0) is 48.6 Å². The first-order chi connectivity index (χ1) is 16.4. The Balaban J connectivity index is 1.09. The highest BCUT2D eigenvalue weighted by atomic mass is 35.5. The SMILES string of the molecule is O=C(CCNC(=O)N1CCc2c([nH]c3ccccc23)C1)N1CCC(O)(c2ccc(Cl)cc2)CC1. The number of fused-ring (bicyclic) bond motifs is 3. The van der Waals surface area contributed by atoms with E-state index in [9.17, 15) is 14.7 Å². The van der Waals surface area contributed by atoms with Gasteiger partial charge in [-0.25, -0.2) is 4.79 Å². The van der Waals surface area contributed by atoms with Crippen molar-refractivity contribution in [3.8, 4) is 0 Å². The van der Waals surface area contributed by atoms with Gasteiger partial charge in [0.25, 0.3) is 0 Å². The number of benzene rings is 2. The topological polar surface area (TPSA) is 88.7 Å². The lowest BCUT2D eigenvalue weighted by molar-refractivity contribution is -0.135. The monoisotopic (exact) mass is 480 g/mol. The molecule has 1 fully saturated rings. The lowest BCUT2D eigenvalue weighted by atomic mass is 9.84. The molecule has 0 bridgehead atoms. The van der Waals surface area contributed by atoms with Crippen molar-refractivity contribution in [2.24, 2.45) is 0 Å². The van der Waals surface area contributed by atoms with Crippen molar-refractivity contribution in [3.05, 3.63) is 70.4 Å². The molecule has 0 spiro atoms. The number of amides is 3. The minimum atomic E-state index is -0.939. The zero-order valence-corrected chi connectivity index (χ0v) is 19.8. The molecule has 3 amide bonds. The highest BCUT2D eigenvalue weighted by molar-refractivity contribution is 6.30. The van der Waals surface area contributed by atoms with Crippen LogP contribution in [0.1, 0.15) is 36.1 Å². The highest BCUT2D eigenvalue weighted by Gasteiger charge is 2.35. The maximum atomic E-state index is 12.7. The van der Waals surface area contributed by atoms with Gasteiger partial charge >= 0.3 is 6.03 Å². The third kappa shape index (κ3) is 4.50. The number of H-pyrrole nitrogens is 1. The van der Waals surface area contributed by atoms with Crippen LogP contribution in [0, 0.1) is 0 Å². The third-order valence-electron chi connectivity index (χ3n) is 7.11. The summed E-state index contributed by atoms with van der Waals surface area (Å²) in [6.07, 6.45) is 2.02. The van der Waals surface area contributed by atoms with Crippen LogP contribution in [0.25, 0.3) is 10.9 Å². The fourth-order valence-corrected chi connectivity index (χ4v) is 5.21. The lowest BCUT2D eigenvalue weighted by Crippen LogP contribution is -2.47. The van der Waals surface area contributed by atoms with Crippen LogP contribution in [-0.2, 0) is 23.4 Å². The van der Waals surface area contributed by atoms with Gasteiger partial charge in [0.15, 0.2) is 0 Å². The van der Waals surface area contributed by atoms with E-state index in [1.807, 2.05) is 24.3 Å². The van der Waals surface area contributed by atoms with Crippen LogP contribution in [-0.4, -0.2) is 58.0 Å². The van der Waals surface area contributed by atoms with Crippen molar-refractivity contribution in [2.75, 3.05) is 26.2 Å². The number of aromatic amines is 1. The van der Waals surface area contributed by atoms with Crippen LogP contribution in [0.2, 0.25) is 5.02 Å². The second-order valence-electron chi connectivity index (χ2n) is 9.20. The summed E-state index contributed by atoms with van der Waals surface area (Å²) in [5, 5.41) is 15.8. The minimum Gasteiger partial charge on any atom is -0.385 e. The van der Waals surface area contributed by atoms with Gasteiger partial charge in [-0.2, -0.15) is 0 Å². The van der Waals surface area contributed by atoms with Crippen molar-refractivity contribution < 1.29 is 14.7 Å². The summed E-state index contributed by atoms with van der Waals surface area (Å²) in [5.41, 5.74) is 3.37. The zero-order chi connectivity index (χ0) is 23.7. The summed E-state index contributed by atoms with van der Waals surface area (Å²) in [7, 11) is 0. The number of hydrogen-bond acceptors (Lipinski definition) is 3. The summed E-state index contributed by atoms with van der Waals surface area (Å²) >= 11 is 5.95. The Morgan fingerprint density at radius 2 is 1.76 bits per heavy atom. The smallest absolute Gasteiger partial charge is 0.317 e. The van der Waals surface area contributed by atoms with Gasteiger partial charge in [0.05, 0.1) is 12.1 Å². The van der Waals surface area contributed by atoms with Crippen LogP contribution in [0.3, 0.4) is 0 Å². The second-order valence-corrected chi connectivity index (χ2v) is 9.64. The maximum Gasteiger partial charge on any atom is 0.317 e. The molecule has 7 nitrogen and oxygen atoms in total. The van der Waals surface area contributed by atoms with Crippen LogP contribution in [0.15, 0.2) is 48.5 Å². The van der Waals surface area contributed by atoms with E-state index in [0.29, 0.717) is 50.6 Å². The van der Waals surface area contributed by atoms with Crippen molar-refractivity contribution in [1.29, 1.82) is 0 Å². The van der Waals surface area contributed by atoms with Gasteiger partial charge in [0.1, 0.15) is 0 Å². The van der Waals surface area contributed by atoms with Gasteiger partial charge in [0, 0.05) is 54.2 Å². The predicted octanol–water partition coefficient (Wildman–Crippen LogP) is 3.79. The molecule has 5 rings (SSSR count). The third-order valence-corrected chi connectivity index (χ3v) is 7.36. The van der Waals surface area contributed by atoms with E-state index in [0.717, 1.165) is 23.2 Å². The number of halogens is 1. The number of likely N-dealkylation sites (tertiary alicyclic amines) is 1. The first-order valence-electron chi connectivity index (χ1n) is 11.8. The van der Waals surface area contributed by atoms with Gasteiger partial charge < -0.3 is 25.2 Å². The summed E-state index contributed by atoms with van der Waals surface area (Å²) in [4.78, 5) is 32.3. The first kappa shape index (κ1) is 22.7. The molecule has 0 unspecified atom stereocenters. The van der Waals surface area contributed by atoms with E-state index in [4.69, 9.17) is 11.6 Å². The van der Waals surface area contributed by atoms with E-state index in [1.165, 1.54) is 10.9 Å². The van der Waals surface area contributed by atoms with E-state index < -0.39 is 5.60 Å². The number of hydrogen-bond donors (Lipinski definition) is 3. The number of aliphatic hydroxyl groups is 1. The highest BCUT2D eigenvalue weighted by Crippen LogP contribution is 2.33. The molecule has 178 valence electrons. The average molecular weight is 481 g/mol. The Morgan fingerprint density at radius 3 is 2.53 bits per heavy atom. The second kappa shape index (κ2) is 9.31. The minimum absolute atomic E-state index is 0.00463. The summed E-state index contributed by atoms with van der Waals surface area (Å²) in [5.74, 6) is -0.00463. The maximum absolute atomic E-state index is 12.7. The Morgan fingerprint density at radius 1 is 1.03 bits per heavy atom. The standard InChI is InChI=1S/C26H29ClN4O3/c27-19-7-5-18(6-8-19)26(34)11-15-30(16-12-26)24(32)9-13-28-25(33)31-14-10-21-20-3-1-2-4-22(20)29-23(21)17-31/h1-8,29,34H,9-17H2,(H,28,33). The number of para-hydroxylation sites is 1. The Kier molecular flexibility index (Phi) is 6.23. The van der Waals surface area contributed by atoms with E-state index in [1.54, 1.807) is 21.9 Å². The van der Waals surface area contributed by atoms with Crippen LogP contribution >= 0.6 is 11.6 Å². The van der Waals surface area contributed by atoms with Gasteiger partial charge in [0.2, 0.25) is 5.91 Å². The van der Waals surface area contributed by atoms with Gasteiger partial charge in [-0.3, -0.25) is 4.79 Å². The summed E-state index contributed by atoms with van der Waals surface area (Å²) in [6.45, 7) is 2.47. The zero-order valence-electron chi connectivity index (χ0n) is 19.0. The van der Waals surface area contributed by atoms with Crippen LogP contribution in [0.4, 0.5) is 4.79 Å². The van der Waals surface area contributed by atoms with Crippen LogP contribution < -0.4 is 5.32 Å². The normalized spacial score (nSPS) is 17.5. The van der Waals surface area contributed by atoms with Gasteiger partial charge in [-0.15, -0.1) is 0 Å². The van der Waals surface area contributed by atoms with Crippen molar-refractivity contribution in [2.45, 2.75) is 37.8 Å². The molecular formula is C26H29ClN4O3. The molecule has 3 heterocycles. The molecule has 2 aliphatic heterocycles. The lowest BCUT2D eigenvalue weighted by Gasteiger charge is -2.38. The summed E-state index contributed by atoms with van der Waals surface area (Å²) in [6, 6.07) is 15.3.